The van der Waals surface area contributed by atoms with E-state index in [1.54, 1.807) is 24.3 Å². The molecule has 0 unspecified atom stereocenters. The van der Waals surface area contributed by atoms with E-state index < -0.39 is 22.2 Å². The van der Waals surface area contributed by atoms with Crippen molar-refractivity contribution in [3.8, 4) is 28.7 Å². The Labute approximate surface area is 524 Å². The summed E-state index contributed by atoms with van der Waals surface area (Å²) in [5, 5.41) is 9.23. The zero-order valence-corrected chi connectivity index (χ0v) is 50.9. The minimum Gasteiger partial charge on any atom is -0.870 e. The molecule has 0 spiro atoms. The molecule has 5 aromatic carbocycles. The van der Waals surface area contributed by atoms with Crippen LogP contribution in [0.25, 0.3) is 0 Å². The van der Waals surface area contributed by atoms with Crippen molar-refractivity contribution in [1.29, 1.82) is 0 Å². The topological polar surface area (TPSA) is 253 Å². The number of esters is 4. The van der Waals surface area contributed by atoms with Crippen molar-refractivity contribution in [3.05, 3.63) is 147 Å². The van der Waals surface area contributed by atoms with Crippen molar-refractivity contribution < 1.29 is 106 Å². The van der Waals surface area contributed by atoms with Gasteiger partial charge in [0.15, 0.2) is 11.6 Å². The Morgan fingerprint density at radius 2 is 0.614 bits per heavy atom. The smallest absolute Gasteiger partial charge is 0.870 e. The fraction of sp³-hybridized carbons (Fsp3) is 0.464. The third kappa shape index (κ3) is 12.8. The van der Waals surface area contributed by atoms with Gasteiger partial charge in [0.1, 0.15) is 28.7 Å². The molecule has 0 aromatic heterocycles. The first-order chi connectivity index (χ1) is 41.6. The largest absolute Gasteiger partial charge is 1.00 e. The maximum absolute atomic E-state index is 11.8. The summed E-state index contributed by atoms with van der Waals surface area (Å²) in [7, 11) is 5.72. The normalized spacial score (nSPS) is 19.6. The van der Waals surface area contributed by atoms with Crippen molar-refractivity contribution >= 4 is 41.4 Å². The average Bonchev–Trinajstić information content (AvgIpc) is 2.01. The molecule has 5 heterocycles. The molecule has 5 saturated carbocycles. The second-order valence-corrected chi connectivity index (χ2v) is 24.0. The summed E-state index contributed by atoms with van der Waals surface area (Å²) in [4.78, 5) is 82.1. The van der Waals surface area contributed by atoms with Gasteiger partial charge in [0.25, 0.3) is 0 Å². The van der Waals surface area contributed by atoms with Gasteiger partial charge in [-0.05, 0) is 190 Å². The summed E-state index contributed by atoms with van der Waals surface area (Å²) < 4.78 is 47.1. The van der Waals surface area contributed by atoms with E-state index in [1.807, 2.05) is 54.6 Å². The zero-order valence-electron chi connectivity index (χ0n) is 50.9. The molecule has 15 rings (SSSR count). The van der Waals surface area contributed by atoms with E-state index in [1.165, 1.54) is 39.6 Å². The van der Waals surface area contributed by atoms with E-state index in [2.05, 4.69) is 12.1 Å². The molecular weight excluding hydrogens is 1120 g/mol. The summed E-state index contributed by atoms with van der Waals surface area (Å²) in [6, 6.07) is 29.0. The number of methoxy groups -OCH3 is 4. The van der Waals surface area contributed by atoms with Gasteiger partial charge in [0, 0.05) is 12.8 Å². The van der Waals surface area contributed by atoms with Crippen LogP contribution in [-0.2, 0) is 89.3 Å². The van der Waals surface area contributed by atoms with E-state index in [-0.39, 0.29) is 70.6 Å². The Morgan fingerprint density at radius 3 is 0.875 bits per heavy atom. The Kier molecular flexibility index (Phi) is 19.6. The van der Waals surface area contributed by atoms with E-state index in [9.17, 15) is 38.7 Å². The van der Waals surface area contributed by atoms with Crippen LogP contribution >= 0.6 is 0 Å². The third-order valence-corrected chi connectivity index (χ3v) is 18.7. The predicted molar refractivity (Wildman–Crippen MR) is 315 cm³/mol. The van der Waals surface area contributed by atoms with E-state index in [4.69, 9.17) is 42.6 Å². The number of carboxylic acid groups (broad SMARTS) is 1. The zero-order chi connectivity index (χ0) is 60.4. The van der Waals surface area contributed by atoms with Crippen LogP contribution < -0.4 is 42.5 Å². The molecular formula is C69H75LiO18. The first-order valence-corrected chi connectivity index (χ1v) is 30.1. The maximum atomic E-state index is 11.8. The number of aryl methyl sites for hydroxylation is 3. The first-order valence-electron chi connectivity index (χ1n) is 30.1. The number of carbonyl (C=O) groups is 7. The third-order valence-electron chi connectivity index (χ3n) is 18.7. The molecule has 88 heavy (non-hydrogen) atoms. The summed E-state index contributed by atoms with van der Waals surface area (Å²) in [6.45, 7) is 3.25. The summed E-state index contributed by atoms with van der Waals surface area (Å²) in [5.41, 5.74) is 7.30. The number of fused-ring (bicyclic) bond motifs is 5. The van der Waals surface area contributed by atoms with Gasteiger partial charge in [-0.2, -0.15) is 0 Å². The molecule has 5 aromatic rings. The Hall–Kier alpha value is -7.65. The van der Waals surface area contributed by atoms with Crippen LogP contribution in [0, 0.1) is 0 Å². The molecule has 5 aliphatic carbocycles. The van der Waals surface area contributed by atoms with Gasteiger partial charge in [-0.3, -0.25) is 33.6 Å². The standard InChI is InChI=1S/2C14H14O4.2C14H16O3.C13H14O3.Li.H2O/c2*1-17-13(16)14(5-6-14)9-2-3-12-10(8-9)11(15)4-7-18-12;2*1-16-13(15)14(6-7-14)11-4-5-12-10(9-11)3-2-8-17-12;14-12(15)13(5-6-13)10-3-4-11-9(8-10)2-1-7-16-11;;/h2*2-3,8H,4-7H2,1H3;2*4-5,9H,2-3,6-8H2,1H3;3-4,8H,1-2,5-7H2,(H,14,15);;1H2/q;;;;;+1;/p-1. The number of hydrogen-bond acceptors (Lipinski definition) is 17. The van der Waals surface area contributed by atoms with Crippen molar-refractivity contribution in [3.63, 3.8) is 0 Å². The number of carbonyl (C=O) groups excluding carboxylic acids is 6. The summed E-state index contributed by atoms with van der Waals surface area (Å²) >= 11 is 0. The quantitative estimate of drug-likeness (QED) is 0.0831. The van der Waals surface area contributed by atoms with Crippen LogP contribution in [0.3, 0.4) is 0 Å². The molecule has 0 saturated heterocycles. The van der Waals surface area contributed by atoms with Gasteiger partial charge in [-0.15, -0.1) is 0 Å². The first kappa shape index (κ1) is 64.8. The van der Waals surface area contributed by atoms with Crippen LogP contribution in [0.4, 0.5) is 0 Å². The van der Waals surface area contributed by atoms with Gasteiger partial charge in [0.05, 0.1) is 99.7 Å². The molecule has 5 fully saturated rings. The SMILES string of the molecule is COC(=O)C1(c2ccc3c(c2)C(=O)CCO3)CC1.COC(=O)C1(c2ccc3c(c2)C(=O)CCO3)CC1.COC(=O)C1(c2ccc3c(c2)CCCO3)CC1.COC(=O)C1(c2ccc3c(c2)CCCO3)CC1.O=C(O)C1(c2ccc3c(c2)CCCO3)CC1.[Li+].[OH-]. The minimum absolute atomic E-state index is 0. The van der Waals surface area contributed by atoms with E-state index in [0.717, 1.165) is 173 Å². The number of carboxylic acids is 1. The van der Waals surface area contributed by atoms with Crippen LogP contribution in [0.15, 0.2) is 91.0 Å². The fourth-order valence-corrected chi connectivity index (χ4v) is 12.6. The van der Waals surface area contributed by atoms with Gasteiger partial charge < -0.3 is 53.2 Å². The average molecular weight is 1200 g/mol. The minimum atomic E-state index is -0.691. The van der Waals surface area contributed by atoms with Gasteiger partial charge in [-0.25, -0.2) is 0 Å². The maximum Gasteiger partial charge on any atom is 1.00 e. The molecule has 19 heteroatoms. The van der Waals surface area contributed by atoms with Crippen molar-refractivity contribution in [2.24, 2.45) is 0 Å². The molecule has 0 amide bonds. The Bertz CT molecular complexity index is 3310. The molecule has 460 valence electrons. The molecule has 10 aliphatic rings. The second kappa shape index (κ2) is 26.6. The van der Waals surface area contributed by atoms with Gasteiger partial charge in [-0.1, -0.05) is 48.5 Å². The number of aliphatic carboxylic acids is 1. The summed E-state index contributed by atoms with van der Waals surface area (Å²) in [5.74, 6) is 2.95. The second-order valence-electron chi connectivity index (χ2n) is 24.0. The van der Waals surface area contributed by atoms with Crippen molar-refractivity contribution in [1.82, 2.24) is 0 Å². The Balaban J connectivity index is 0.000000130. The number of ketones is 2. The van der Waals surface area contributed by atoms with Gasteiger partial charge in [0.2, 0.25) is 0 Å². The van der Waals surface area contributed by atoms with E-state index in [0.29, 0.717) is 48.7 Å². The van der Waals surface area contributed by atoms with Crippen LogP contribution in [-0.4, -0.2) is 113 Å². The van der Waals surface area contributed by atoms with E-state index >= 15 is 0 Å². The van der Waals surface area contributed by atoms with Crippen LogP contribution in [0.1, 0.15) is 162 Å². The van der Waals surface area contributed by atoms with Crippen LogP contribution in [0.2, 0.25) is 0 Å². The number of Topliss-reactive ketones (excluding diaryl/α,β-unsaturated/α-hetero) is 2. The van der Waals surface area contributed by atoms with Crippen molar-refractivity contribution in [2.45, 2.75) is 143 Å². The molecule has 0 radical (unpaired) electrons. The number of ether oxygens (including phenoxy) is 9. The number of hydrogen-bond donors (Lipinski definition) is 1. The predicted octanol–water partition coefficient (Wildman–Crippen LogP) is 7.10. The Morgan fingerprint density at radius 1 is 0.364 bits per heavy atom. The molecule has 0 bridgehead atoms. The molecule has 2 N–H and O–H groups in total. The van der Waals surface area contributed by atoms with Crippen molar-refractivity contribution in [2.75, 3.05) is 61.5 Å². The monoisotopic (exact) mass is 1200 g/mol. The molecule has 5 aliphatic heterocycles. The fourth-order valence-electron chi connectivity index (χ4n) is 12.6. The molecule has 0 atom stereocenters. The summed E-state index contributed by atoms with van der Waals surface area (Å²) in [6.07, 6.45) is 15.3. The number of rotatable bonds is 10. The molecule has 18 nitrogen and oxygen atoms in total. The van der Waals surface area contributed by atoms with Gasteiger partial charge >= 0.3 is 48.7 Å². The van der Waals surface area contributed by atoms with Crippen LogP contribution in [0.5, 0.6) is 28.7 Å². The number of benzene rings is 5.